The highest BCUT2D eigenvalue weighted by Crippen LogP contribution is 2.47. The summed E-state index contributed by atoms with van der Waals surface area (Å²) in [5, 5.41) is 0. The van der Waals surface area contributed by atoms with Crippen molar-refractivity contribution in [3.8, 4) is 5.75 Å². The molecule has 1 nitrogen and oxygen atoms in total. The molecule has 0 radical (unpaired) electrons. The molecule has 2 rings (SSSR count). The number of alkyl halides is 3. The summed E-state index contributed by atoms with van der Waals surface area (Å²) in [5.74, 6) is 1.02. The zero-order valence-electron chi connectivity index (χ0n) is 8.21. The molecule has 1 unspecified atom stereocenters. The second-order valence-electron chi connectivity index (χ2n) is 3.94. The Hall–Kier alpha value is -1.19. The third-order valence-corrected chi connectivity index (χ3v) is 2.65. The molecule has 0 bridgehead atoms. The van der Waals surface area contributed by atoms with Crippen LogP contribution in [0.3, 0.4) is 0 Å². The number of hydrogen-bond donors (Lipinski definition) is 0. The van der Waals surface area contributed by atoms with Crippen LogP contribution in [0.5, 0.6) is 5.75 Å². The highest BCUT2D eigenvalue weighted by molar-refractivity contribution is 5.32. The summed E-state index contributed by atoms with van der Waals surface area (Å²) in [5.41, 5.74) is 1.09. The molecule has 1 aromatic carbocycles. The first-order chi connectivity index (χ1) is 6.96. The van der Waals surface area contributed by atoms with Gasteiger partial charge in [0.15, 0.2) is 0 Å². The quantitative estimate of drug-likeness (QED) is 0.732. The van der Waals surface area contributed by atoms with E-state index in [9.17, 15) is 13.2 Å². The van der Waals surface area contributed by atoms with E-state index in [2.05, 4.69) is 11.7 Å². The van der Waals surface area contributed by atoms with Crippen LogP contribution in [0, 0.1) is 5.92 Å². The average Bonchev–Trinajstić information content (AvgIpc) is 2.81. The fraction of sp³-hybridized carbons (Fsp3) is 0.455. The van der Waals surface area contributed by atoms with Gasteiger partial charge in [-0.25, -0.2) is 0 Å². The summed E-state index contributed by atoms with van der Waals surface area (Å²) in [6, 6.07) is 6.15. The molecule has 0 aliphatic heterocycles. The van der Waals surface area contributed by atoms with Crippen LogP contribution in [0.2, 0.25) is 0 Å². The van der Waals surface area contributed by atoms with E-state index in [4.69, 9.17) is 0 Å². The first-order valence-electron chi connectivity index (χ1n) is 4.81. The lowest BCUT2D eigenvalue weighted by molar-refractivity contribution is -0.274. The summed E-state index contributed by atoms with van der Waals surface area (Å²) in [7, 11) is 0. The van der Waals surface area contributed by atoms with Crippen LogP contribution in [-0.4, -0.2) is 6.36 Å². The minimum absolute atomic E-state index is 0.153. The lowest BCUT2D eigenvalue weighted by atomic mass is 10.1. The summed E-state index contributed by atoms with van der Waals surface area (Å²) < 4.78 is 39.3. The standard InChI is InChI=1S/C11H11F3O/c1-7-6-10(7)8-2-4-9(5-3-8)15-11(12,13)14/h2-5,7,10H,6H2,1H3/t7-,10?/m0/s1. The van der Waals surface area contributed by atoms with Gasteiger partial charge in [-0.3, -0.25) is 0 Å². The van der Waals surface area contributed by atoms with Crippen molar-refractivity contribution in [3.63, 3.8) is 0 Å². The molecule has 0 amide bonds. The number of benzene rings is 1. The monoisotopic (exact) mass is 216 g/mol. The van der Waals surface area contributed by atoms with Gasteiger partial charge in [0.05, 0.1) is 0 Å². The minimum atomic E-state index is -4.60. The van der Waals surface area contributed by atoms with Crippen molar-refractivity contribution < 1.29 is 17.9 Å². The second-order valence-corrected chi connectivity index (χ2v) is 3.94. The fourth-order valence-electron chi connectivity index (χ4n) is 1.70. The molecule has 82 valence electrons. The van der Waals surface area contributed by atoms with Crippen molar-refractivity contribution in [2.45, 2.75) is 25.6 Å². The zero-order chi connectivity index (χ0) is 11.1. The van der Waals surface area contributed by atoms with E-state index >= 15 is 0 Å². The summed E-state index contributed by atoms with van der Waals surface area (Å²) in [6.45, 7) is 2.13. The number of halogens is 3. The minimum Gasteiger partial charge on any atom is -0.406 e. The predicted molar refractivity (Wildman–Crippen MR) is 49.6 cm³/mol. The van der Waals surface area contributed by atoms with Crippen molar-refractivity contribution in [3.05, 3.63) is 29.8 Å². The third kappa shape index (κ3) is 2.64. The van der Waals surface area contributed by atoms with E-state index in [1.807, 2.05) is 0 Å². The van der Waals surface area contributed by atoms with Gasteiger partial charge in [0.25, 0.3) is 0 Å². The maximum atomic E-state index is 11.9. The van der Waals surface area contributed by atoms with Gasteiger partial charge < -0.3 is 4.74 Å². The predicted octanol–water partition coefficient (Wildman–Crippen LogP) is 3.71. The Morgan fingerprint density at radius 1 is 1.20 bits per heavy atom. The lowest BCUT2D eigenvalue weighted by Crippen LogP contribution is -2.16. The third-order valence-electron chi connectivity index (χ3n) is 2.65. The maximum Gasteiger partial charge on any atom is 0.573 e. The van der Waals surface area contributed by atoms with Crippen molar-refractivity contribution in [1.82, 2.24) is 0 Å². The second kappa shape index (κ2) is 3.43. The zero-order valence-corrected chi connectivity index (χ0v) is 8.21. The molecule has 0 aromatic heterocycles. The van der Waals surface area contributed by atoms with E-state index in [0.29, 0.717) is 11.8 Å². The van der Waals surface area contributed by atoms with Crippen LogP contribution in [-0.2, 0) is 0 Å². The van der Waals surface area contributed by atoms with Crippen LogP contribution in [0.1, 0.15) is 24.8 Å². The lowest BCUT2D eigenvalue weighted by Gasteiger charge is -2.08. The van der Waals surface area contributed by atoms with E-state index in [1.165, 1.54) is 12.1 Å². The molecule has 1 saturated carbocycles. The Morgan fingerprint density at radius 3 is 2.13 bits per heavy atom. The van der Waals surface area contributed by atoms with Gasteiger partial charge in [-0.05, 0) is 36.0 Å². The maximum absolute atomic E-state index is 11.9. The summed E-state index contributed by atoms with van der Waals surface area (Å²) in [6.07, 6.45) is -3.48. The molecule has 0 heterocycles. The molecule has 4 heteroatoms. The van der Waals surface area contributed by atoms with Gasteiger partial charge >= 0.3 is 6.36 Å². The van der Waals surface area contributed by atoms with Gasteiger partial charge in [-0.15, -0.1) is 13.2 Å². The van der Waals surface area contributed by atoms with Crippen molar-refractivity contribution >= 4 is 0 Å². The SMILES string of the molecule is C[C@H]1CC1c1ccc(OC(F)(F)F)cc1. The molecule has 0 saturated heterocycles. The van der Waals surface area contributed by atoms with E-state index in [1.54, 1.807) is 12.1 Å². The van der Waals surface area contributed by atoms with E-state index in [0.717, 1.165) is 12.0 Å². The normalized spacial score (nSPS) is 25.1. The molecule has 2 atom stereocenters. The largest absolute Gasteiger partial charge is 0.573 e. The molecule has 1 aliphatic carbocycles. The molecule has 1 fully saturated rings. The van der Waals surface area contributed by atoms with Crippen LogP contribution in [0.15, 0.2) is 24.3 Å². The van der Waals surface area contributed by atoms with Gasteiger partial charge in [0.2, 0.25) is 0 Å². The van der Waals surface area contributed by atoms with Crippen molar-refractivity contribution in [1.29, 1.82) is 0 Å². The van der Waals surface area contributed by atoms with Crippen LogP contribution >= 0.6 is 0 Å². The molecule has 1 aliphatic rings. The van der Waals surface area contributed by atoms with Gasteiger partial charge in [0.1, 0.15) is 5.75 Å². The highest BCUT2D eigenvalue weighted by atomic mass is 19.4. The first-order valence-corrected chi connectivity index (χ1v) is 4.81. The topological polar surface area (TPSA) is 9.23 Å². The molecule has 1 aromatic rings. The Kier molecular flexibility index (Phi) is 2.37. The van der Waals surface area contributed by atoms with Crippen molar-refractivity contribution in [2.75, 3.05) is 0 Å². The van der Waals surface area contributed by atoms with Gasteiger partial charge in [-0.1, -0.05) is 19.1 Å². The van der Waals surface area contributed by atoms with E-state index in [-0.39, 0.29) is 5.75 Å². The fourth-order valence-corrected chi connectivity index (χ4v) is 1.70. The molecular weight excluding hydrogens is 205 g/mol. The number of rotatable bonds is 2. The number of ether oxygens (including phenoxy) is 1. The average molecular weight is 216 g/mol. The first kappa shape index (κ1) is 10.3. The molecule has 15 heavy (non-hydrogen) atoms. The Morgan fingerprint density at radius 2 is 1.73 bits per heavy atom. The van der Waals surface area contributed by atoms with Gasteiger partial charge in [0, 0.05) is 0 Å². The smallest absolute Gasteiger partial charge is 0.406 e. The summed E-state index contributed by atoms with van der Waals surface area (Å²) in [4.78, 5) is 0. The number of hydrogen-bond acceptors (Lipinski definition) is 1. The van der Waals surface area contributed by atoms with Crippen LogP contribution < -0.4 is 4.74 Å². The summed E-state index contributed by atoms with van der Waals surface area (Å²) >= 11 is 0. The van der Waals surface area contributed by atoms with Crippen molar-refractivity contribution in [2.24, 2.45) is 5.92 Å². The van der Waals surface area contributed by atoms with Crippen LogP contribution in [0.4, 0.5) is 13.2 Å². The van der Waals surface area contributed by atoms with E-state index < -0.39 is 6.36 Å². The Balaban J connectivity index is 2.04. The molecule has 0 N–H and O–H groups in total. The molecular formula is C11H11F3O. The van der Waals surface area contributed by atoms with Crippen LogP contribution in [0.25, 0.3) is 0 Å². The Labute approximate surface area is 85.9 Å². The van der Waals surface area contributed by atoms with Gasteiger partial charge in [-0.2, -0.15) is 0 Å². The Bertz CT molecular complexity index is 342. The highest BCUT2D eigenvalue weighted by Gasteiger charge is 2.34. The molecule has 0 spiro atoms.